The predicted molar refractivity (Wildman–Crippen MR) is 101 cm³/mol. The van der Waals surface area contributed by atoms with Crippen molar-refractivity contribution in [1.29, 1.82) is 0 Å². The second-order valence-corrected chi connectivity index (χ2v) is 7.90. The minimum atomic E-state index is -0.0549. The van der Waals surface area contributed by atoms with Crippen LogP contribution < -0.4 is 5.32 Å². The van der Waals surface area contributed by atoms with Gasteiger partial charge in [-0.3, -0.25) is 9.69 Å². The number of carbonyl (C=O) groups excluding carboxylic acids is 1. The van der Waals surface area contributed by atoms with Crippen LogP contribution in [-0.2, 0) is 26.1 Å². The summed E-state index contributed by atoms with van der Waals surface area (Å²) in [6.45, 7) is 8.72. The Bertz CT molecular complexity index is 952. The van der Waals surface area contributed by atoms with E-state index in [1.54, 1.807) is 11.3 Å². The number of fused-ring (bicyclic) bond motifs is 1. The summed E-state index contributed by atoms with van der Waals surface area (Å²) < 4.78 is 10.4. The van der Waals surface area contributed by atoms with Crippen LogP contribution in [0.3, 0.4) is 0 Å². The molecule has 3 aromatic heterocycles. The van der Waals surface area contributed by atoms with Crippen LogP contribution in [0.25, 0.3) is 0 Å². The number of nitrogens with one attached hydrogen (secondary N) is 1. The summed E-state index contributed by atoms with van der Waals surface area (Å²) in [4.78, 5) is 16.2. The highest BCUT2D eigenvalue weighted by molar-refractivity contribution is 7.10. The largest absolute Gasteiger partial charge is 0.361 e. The highest BCUT2D eigenvalue weighted by Gasteiger charge is 2.25. The molecule has 1 amide bonds. The van der Waals surface area contributed by atoms with Gasteiger partial charge in [0.15, 0.2) is 5.76 Å². The Morgan fingerprint density at radius 1 is 1.30 bits per heavy atom. The Kier molecular flexibility index (Phi) is 4.84. The van der Waals surface area contributed by atoms with Crippen LogP contribution in [0.1, 0.15) is 49.3 Å². The fourth-order valence-corrected chi connectivity index (χ4v) is 4.54. The van der Waals surface area contributed by atoms with Gasteiger partial charge in [0.2, 0.25) is 0 Å². The van der Waals surface area contributed by atoms with E-state index in [1.807, 2.05) is 32.2 Å². The molecule has 0 spiro atoms. The normalized spacial score (nSPS) is 14.3. The van der Waals surface area contributed by atoms with Crippen LogP contribution in [-0.4, -0.2) is 27.7 Å². The molecule has 0 aromatic carbocycles. The third-order valence-electron chi connectivity index (χ3n) is 4.93. The molecule has 1 aliphatic heterocycles. The maximum Gasteiger partial charge on any atom is 0.252 e. The zero-order chi connectivity index (χ0) is 19.0. The molecule has 0 unspecified atom stereocenters. The van der Waals surface area contributed by atoms with Crippen LogP contribution in [0, 0.1) is 20.8 Å². The monoisotopic (exact) mass is 386 g/mol. The van der Waals surface area contributed by atoms with E-state index in [0.29, 0.717) is 12.3 Å². The number of hydrogen-bond donors (Lipinski definition) is 1. The number of carbonyl (C=O) groups is 1. The molecule has 0 bridgehead atoms. The fraction of sp³-hybridized carbons (Fsp3) is 0.421. The van der Waals surface area contributed by atoms with E-state index in [1.165, 1.54) is 10.4 Å². The fourth-order valence-electron chi connectivity index (χ4n) is 3.42. The average molecular weight is 386 g/mol. The van der Waals surface area contributed by atoms with Crippen molar-refractivity contribution in [2.45, 2.75) is 46.8 Å². The Balaban J connectivity index is 1.41. The predicted octanol–water partition coefficient (Wildman–Crippen LogP) is 3.14. The summed E-state index contributed by atoms with van der Waals surface area (Å²) in [6, 6.07) is 1.83. The molecular weight excluding hydrogens is 364 g/mol. The van der Waals surface area contributed by atoms with Crippen molar-refractivity contribution in [3.63, 3.8) is 0 Å². The Hall–Kier alpha value is -2.45. The van der Waals surface area contributed by atoms with E-state index >= 15 is 0 Å². The minimum Gasteiger partial charge on any atom is -0.361 e. The molecule has 0 saturated carbocycles. The van der Waals surface area contributed by atoms with Gasteiger partial charge in [-0.1, -0.05) is 10.3 Å². The highest BCUT2D eigenvalue weighted by Crippen LogP contribution is 2.30. The lowest BCUT2D eigenvalue weighted by molar-refractivity contribution is 0.0945. The zero-order valence-electron chi connectivity index (χ0n) is 15.7. The maximum atomic E-state index is 12.6. The van der Waals surface area contributed by atoms with Gasteiger partial charge in [-0.2, -0.15) is 0 Å². The van der Waals surface area contributed by atoms with E-state index in [4.69, 9.17) is 9.05 Å². The number of hydrogen-bond acceptors (Lipinski definition) is 7. The molecule has 1 N–H and O–H groups in total. The number of amides is 1. The average Bonchev–Trinajstić information content (AvgIpc) is 3.34. The zero-order valence-corrected chi connectivity index (χ0v) is 16.5. The summed E-state index contributed by atoms with van der Waals surface area (Å²) in [6.07, 6.45) is 0.867. The van der Waals surface area contributed by atoms with E-state index in [2.05, 4.69) is 20.5 Å². The van der Waals surface area contributed by atoms with Crippen LogP contribution in [0.5, 0.6) is 0 Å². The SMILES string of the molecule is Cc1cc(CNC(=O)c2csc3c2CCN(Cc2c(C)noc2C)C3)on1. The molecule has 3 aromatic rings. The third kappa shape index (κ3) is 3.68. The molecule has 142 valence electrons. The molecule has 0 aliphatic carbocycles. The summed E-state index contributed by atoms with van der Waals surface area (Å²) in [5, 5.41) is 12.8. The molecule has 0 saturated heterocycles. The highest BCUT2D eigenvalue weighted by atomic mass is 32.1. The molecular formula is C19H22N4O3S. The smallest absolute Gasteiger partial charge is 0.252 e. The Labute approximate surface area is 161 Å². The van der Waals surface area contributed by atoms with Gasteiger partial charge in [0, 0.05) is 41.5 Å². The van der Waals surface area contributed by atoms with Gasteiger partial charge in [0.05, 0.1) is 23.5 Å². The summed E-state index contributed by atoms with van der Waals surface area (Å²) >= 11 is 1.65. The van der Waals surface area contributed by atoms with Crippen molar-refractivity contribution in [3.8, 4) is 0 Å². The second-order valence-electron chi connectivity index (χ2n) is 6.93. The molecule has 0 atom stereocenters. The van der Waals surface area contributed by atoms with Crippen molar-refractivity contribution < 1.29 is 13.8 Å². The van der Waals surface area contributed by atoms with Gasteiger partial charge < -0.3 is 14.4 Å². The summed E-state index contributed by atoms with van der Waals surface area (Å²) in [7, 11) is 0. The first-order chi connectivity index (χ1) is 13.0. The summed E-state index contributed by atoms with van der Waals surface area (Å²) in [5.41, 5.74) is 4.87. The van der Waals surface area contributed by atoms with Crippen molar-refractivity contribution in [2.75, 3.05) is 6.54 Å². The van der Waals surface area contributed by atoms with Crippen LogP contribution >= 0.6 is 11.3 Å². The first-order valence-corrected chi connectivity index (χ1v) is 9.83. The molecule has 27 heavy (non-hydrogen) atoms. The van der Waals surface area contributed by atoms with E-state index in [0.717, 1.165) is 54.3 Å². The van der Waals surface area contributed by atoms with Crippen molar-refractivity contribution >= 4 is 17.2 Å². The minimum absolute atomic E-state index is 0.0549. The molecule has 0 radical (unpaired) electrons. The first-order valence-electron chi connectivity index (χ1n) is 8.95. The van der Waals surface area contributed by atoms with Crippen LogP contribution in [0.15, 0.2) is 20.5 Å². The van der Waals surface area contributed by atoms with E-state index < -0.39 is 0 Å². The lowest BCUT2D eigenvalue weighted by Gasteiger charge is -2.27. The third-order valence-corrected chi connectivity index (χ3v) is 5.95. The summed E-state index contributed by atoms with van der Waals surface area (Å²) in [5.74, 6) is 1.49. The van der Waals surface area contributed by atoms with E-state index in [-0.39, 0.29) is 5.91 Å². The number of aryl methyl sites for hydroxylation is 3. The number of aromatic nitrogens is 2. The quantitative estimate of drug-likeness (QED) is 0.725. The van der Waals surface area contributed by atoms with Gasteiger partial charge in [-0.25, -0.2) is 0 Å². The van der Waals surface area contributed by atoms with Crippen molar-refractivity contribution in [1.82, 2.24) is 20.5 Å². The van der Waals surface area contributed by atoms with Crippen molar-refractivity contribution in [2.24, 2.45) is 0 Å². The molecule has 1 aliphatic rings. The lowest BCUT2D eigenvalue weighted by atomic mass is 10.0. The molecule has 0 fully saturated rings. The number of thiophene rings is 1. The van der Waals surface area contributed by atoms with Gasteiger partial charge in [0.25, 0.3) is 5.91 Å². The first kappa shape index (κ1) is 17.9. The number of nitrogens with zero attached hydrogens (tertiary/aromatic N) is 3. The maximum absolute atomic E-state index is 12.6. The Morgan fingerprint density at radius 3 is 2.85 bits per heavy atom. The van der Waals surface area contributed by atoms with Gasteiger partial charge in [-0.05, 0) is 32.8 Å². The van der Waals surface area contributed by atoms with Gasteiger partial charge in [0.1, 0.15) is 5.76 Å². The lowest BCUT2D eigenvalue weighted by Crippen LogP contribution is -2.31. The Morgan fingerprint density at radius 2 is 2.15 bits per heavy atom. The molecule has 4 heterocycles. The molecule has 4 rings (SSSR count). The standard InChI is InChI=1S/C19H22N4O3S/c1-11-6-14(26-21-11)7-20-19(24)17-10-27-18-9-23(5-4-15(17)18)8-16-12(2)22-25-13(16)3/h6,10H,4-5,7-9H2,1-3H3,(H,20,24). The topological polar surface area (TPSA) is 84.4 Å². The number of rotatable bonds is 5. The van der Waals surface area contributed by atoms with E-state index in [9.17, 15) is 4.79 Å². The van der Waals surface area contributed by atoms with Gasteiger partial charge in [-0.15, -0.1) is 11.3 Å². The molecule has 7 nitrogen and oxygen atoms in total. The van der Waals surface area contributed by atoms with Crippen LogP contribution in [0.4, 0.5) is 0 Å². The van der Waals surface area contributed by atoms with Crippen LogP contribution in [0.2, 0.25) is 0 Å². The molecule has 8 heteroatoms. The van der Waals surface area contributed by atoms with Crippen molar-refractivity contribution in [3.05, 3.63) is 55.9 Å². The second kappa shape index (κ2) is 7.28. The van der Waals surface area contributed by atoms with Gasteiger partial charge >= 0.3 is 0 Å².